The molecule has 0 saturated carbocycles. The lowest BCUT2D eigenvalue weighted by Gasteiger charge is -2.37. The fourth-order valence-electron chi connectivity index (χ4n) is 4.51. The zero-order valence-electron chi connectivity index (χ0n) is 18.5. The predicted molar refractivity (Wildman–Crippen MR) is 124 cm³/mol. The zero-order valence-corrected chi connectivity index (χ0v) is 19.4. The lowest BCUT2D eigenvalue weighted by atomic mass is 9.94. The van der Waals surface area contributed by atoms with E-state index in [1.165, 1.54) is 56.7 Å². The van der Waals surface area contributed by atoms with Crippen LogP contribution in [0.1, 0.15) is 47.4 Å². The average Bonchev–Trinajstić information content (AvgIpc) is 3.25. The van der Waals surface area contributed by atoms with Crippen molar-refractivity contribution in [1.29, 1.82) is 0 Å². The molecule has 2 aliphatic heterocycles. The minimum atomic E-state index is -0.218. The molecule has 8 heteroatoms. The number of carbonyl (C=O) groups is 1. The minimum absolute atomic E-state index is 0.218. The highest BCUT2D eigenvalue weighted by Gasteiger charge is 2.25. The van der Waals surface area contributed by atoms with E-state index in [0.29, 0.717) is 10.7 Å². The van der Waals surface area contributed by atoms with Gasteiger partial charge in [0.05, 0.1) is 13.7 Å². The number of carbonyl (C=O) groups excluding carboxylic acids is 1. The molecule has 2 aliphatic rings. The number of rotatable bonds is 7. The van der Waals surface area contributed by atoms with Gasteiger partial charge >= 0.3 is 0 Å². The number of ether oxygens (including phenoxy) is 1. The van der Waals surface area contributed by atoms with Crippen molar-refractivity contribution in [2.24, 2.45) is 11.8 Å². The normalized spacial score (nSPS) is 21.2. The van der Waals surface area contributed by atoms with Gasteiger partial charge in [0.25, 0.3) is 5.91 Å². The number of anilines is 1. The Hall–Kier alpha value is -2.03. The van der Waals surface area contributed by atoms with Gasteiger partial charge < -0.3 is 15.0 Å². The number of aromatic nitrogens is 2. The SMILES string of the molecule is COc1ccc(NC(=O)c2nnc(CN3CCCC(CN4CCC(C)CC4)C3)s2)cc1. The summed E-state index contributed by atoms with van der Waals surface area (Å²) in [6.07, 6.45) is 5.22. The van der Waals surface area contributed by atoms with E-state index in [2.05, 4.69) is 32.2 Å². The van der Waals surface area contributed by atoms with Gasteiger partial charge in [0.2, 0.25) is 5.01 Å². The maximum Gasteiger partial charge on any atom is 0.286 e. The molecule has 1 unspecified atom stereocenters. The van der Waals surface area contributed by atoms with E-state index < -0.39 is 0 Å². The van der Waals surface area contributed by atoms with Gasteiger partial charge in [-0.1, -0.05) is 18.3 Å². The molecule has 31 heavy (non-hydrogen) atoms. The van der Waals surface area contributed by atoms with Crippen molar-refractivity contribution < 1.29 is 9.53 Å². The van der Waals surface area contributed by atoms with Gasteiger partial charge in [0.15, 0.2) is 0 Å². The molecule has 1 amide bonds. The maximum atomic E-state index is 12.5. The molecule has 2 fully saturated rings. The maximum absolute atomic E-state index is 12.5. The van der Waals surface area contributed by atoms with Gasteiger partial charge in [-0.3, -0.25) is 9.69 Å². The standard InChI is InChI=1S/C23H33N5O2S/c1-17-9-12-27(13-10-17)14-18-4-3-11-28(15-18)16-21-25-26-23(31-21)22(29)24-19-5-7-20(30-2)8-6-19/h5-8,17-18H,3-4,9-16H2,1-2H3,(H,24,29). The van der Waals surface area contributed by atoms with Crippen LogP contribution >= 0.6 is 11.3 Å². The minimum Gasteiger partial charge on any atom is -0.497 e. The smallest absolute Gasteiger partial charge is 0.286 e. The lowest BCUT2D eigenvalue weighted by Crippen LogP contribution is -2.42. The molecule has 0 aliphatic carbocycles. The van der Waals surface area contributed by atoms with Gasteiger partial charge in [0.1, 0.15) is 10.8 Å². The highest BCUT2D eigenvalue weighted by atomic mass is 32.1. The topological polar surface area (TPSA) is 70.6 Å². The fourth-order valence-corrected chi connectivity index (χ4v) is 5.29. The molecule has 0 bridgehead atoms. The van der Waals surface area contributed by atoms with Crippen LogP contribution in [0, 0.1) is 11.8 Å². The molecular formula is C23H33N5O2S. The van der Waals surface area contributed by atoms with E-state index in [0.717, 1.165) is 42.2 Å². The van der Waals surface area contributed by atoms with Gasteiger partial charge in [-0.15, -0.1) is 10.2 Å². The number of methoxy groups -OCH3 is 1. The number of piperidine rings is 2. The van der Waals surface area contributed by atoms with Crippen LogP contribution in [0.25, 0.3) is 0 Å². The van der Waals surface area contributed by atoms with E-state index in [1.54, 1.807) is 7.11 Å². The van der Waals surface area contributed by atoms with E-state index in [4.69, 9.17) is 4.74 Å². The van der Waals surface area contributed by atoms with Gasteiger partial charge in [-0.25, -0.2) is 0 Å². The highest BCUT2D eigenvalue weighted by molar-refractivity contribution is 7.13. The summed E-state index contributed by atoms with van der Waals surface area (Å²) >= 11 is 1.39. The summed E-state index contributed by atoms with van der Waals surface area (Å²) in [7, 11) is 1.62. The predicted octanol–water partition coefficient (Wildman–Crippen LogP) is 3.74. The third-order valence-electron chi connectivity index (χ3n) is 6.36. The molecule has 1 N–H and O–H groups in total. The van der Waals surface area contributed by atoms with E-state index >= 15 is 0 Å². The number of amides is 1. The number of hydrogen-bond donors (Lipinski definition) is 1. The molecule has 0 radical (unpaired) electrons. The van der Waals surface area contributed by atoms with E-state index in [9.17, 15) is 4.79 Å². The van der Waals surface area contributed by atoms with Crippen LogP contribution < -0.4 is 10.1 Å². The molecule has 3 heterocycles. The van der Waals surface area contributed by atoms with Crippen LogP contribution in [0.2, 0.25) is 0 Å². The van der Waals surface area contributed by atoms with Crippen molar-refractivity contribution in [2.75, 3.05) is 45.2 Å². The summed E-state index contributed by atoms with van der Waals surface area (Å²) < 4.78 is 5.15. The molecule has 7 nitrogen and oxygen atoms in total. The molecular weight excluding hydrogens is 410 g/mol. The molecule has 1 atom stereocenters. The largest absolute Gasteiger partial charge is 0.497 e. The lowest BCUT2D eigenvalue weighted by molar-refractivity contribution is 0.102. The first-order valence-corrected chi connectivity index (χ1v) is 12.1. The fraction of sp³-hybridized carbons (Fsp3) is 0.609. The van der Waals surface area contributed by atoms with Crippen LogP contribution in [0.3, 0.4) is 0 Å². The van der Waals surface area contributed by atoms with Crippen LogP contribution in [0.4, 0.5) is 5.69 Å². The second-order valence-corrected chi connectivity index (χ2v) is 9.97. The number of nitrogens with one attached hydrogen (secondary N) is 1. The number of benzene rings is 1. The van der Waals surface area contributed by atoms with Gasteiger partial charge in [0, 0.05) is 18.8 Å². The second-order valence-electron chi connectivity index (χ2n) is 8.91. The van der Waals surface area contributed by atoms with Crippen LogP contribution in [0.15, 0.2) is 24.3 Å². The Bertz CT molecular complexity index is 848. The summed E-state index contributed by atoms with van der Waals surface area (Å²) in [5.41, 5.74) is 0.716. The Morgan fingerprint density at radius 3 is 2.65 bits per heavy atom. The summed E-state index contributed by atoms with van der Waals surface area (Å²) in [5.74, 6) is 2.15. The summed E-state index contributed by atoms with van der Waals surface area (Å²) in [5, 5.41) is 12.6. The Kier molecular flexibility index (Phi) is 7.53. The Labute approximate surface area is 188 Å². The van der Waals surface area contributed by atoms with Crippen molar-refractivity contribution in [2.45, 2.75) is 39.2 Å². The summed E-state index contributed by atoms with van der Waals surface area (Å²) in [4.78, 5) is 17.6. The number of likely N-dealkylation sites (tertiary alicyclic amines) is 2. The molecule has 2 aromatic rings. The van der Waals surface area contributed by atoms with Crippen molar-refractivity contribution >= 4 is 22.9 Å². The third kappa shape index (κ3) is 6.24. The third-order valence-corrected chi connectivity index (χ3v) is 7.27. The molecule has 2 saturated heterocycles. The molecule has 1 aromatic heterocycles. The first-order valence-electron chi connectivity index (χ1n) is 11.3. The van der Waals surface area contributed by atoms with E-state index in [1.807, 2.05) is 24.3 Å². The van der Waals surface area contributed by atoms with Crippen molar-refractivity contribution in [1.82, 2.24) is 20.0 Å². The second kappa shape index (κ2) is 10.5. The number of nitrogens with zero attached hydrogens (tertiary/aromatic N) is 4. The molecule has 4 rings (SSSR count). The molecule has 168 valence electrons. The van der Waals surface area contributed by atoms with Crippen molar-refractivity contribution in [3.05, 3.63) is 34.3 Å². The quantitative estimate of drug-likeness (QED) is 0.703. The zero-order chi connectivity index (χ0) is 21.6. The van der Waals surface area contributed by atoms with Crippen molar-refractivity contribution in [3.63, 3.8) is 0 Å². The van der Waals surface area contributed by atoms with Crippen LogP contribution in [0.5, 0.6) is 5.75 Å². The first-order chi connectivity index (χ1) is 15.1. The average molecular weight is 444 g/mol. The first kappa shape index (κ1) is 22.2. The highest BCUT2D eigenvalue weighted by Crippen LogP contribution is 2.24. The Morgan fingerprint density at radius 1 is 1.13 bits per heavy atom. The molecule has 1 aromatic carbocycles. The molecule has 0 spiro atoms. The van der Waals surface area contributed by atoms with Gasteiger partial charge in [-0.05, 0) is 81.4 Å². The number of hydrogen-bond acceptors (Lipinski definition) is 7. The van der Waals surface area contributed by atoms with Crippen LogP contribution in [-0.4, -0.2) is 65.7 Å². The van der Waals surface area contributed by atoms with Gasteiger partial charge in [-0.2, -0.15) is 0 Å². The van der Waals surface area contributed by atoms with E-state index in [-0.39, 0.29) is 5.91 Å². The monoisotopic (exact) mass is 443 g/mol. The summed E-state index contributed by atoms with van der Waals surface area (Å²) in [6.45, 7) is 9.07. The van der Waals surface area contributed by atoms with Crippen molar-refractivity contribution in [3.8, 4) is 5.75 Å². The van der Waals surface area contributed by atoms with Crippen LogP contribution in [-0.2, 0) is 6.54 Å². The summed E-state index contributed by atoms with van der Waals surface area (Å²) in [6, 6.07) is 7.27. The Morgan fingerprint density at radius 2 is 1.90 bits per heavy atom. The Balaban J connectivity index is 1.27.